The predicted octanol–water partition coefficient (Wildman–Crippen LogP) is 5.02. The molecule has 20 heavy (non-hydrogen) atoms. The van der Waals surface area contributed by atoms with Crippen molar-refractivity contribution in [1.82, 2.24) is 4.98 Å². The van der Waals surface area contributed by atoms with Gasteiger partial charge in [0.05, 0.1) is 11.6 Å². The average molecular weight is 271 g/mol. The smallest absolute Gasteiger partial charge is 0.0797 e. The molecule has 2 heteroatoms. The molecule has 2 aromatic rings. The van der Waals surface area contributed by atoms with Crippen LogP contribution in [0.3, 0.4) is 0 Å². The first-order chi connectivity index (χ1) is 9.83. The Bertz CT molecular complexity index is 518. The number of hydrogen-bond donors (Lipinski definition) is 1. The zero-order valence-electron chi connectivity index (χ0n) is 12.4. The van der Waals surface area contributed by atoms with Crippen molar-refractivity contribution in [3.63, 3.8) is 0 Å². The Morgan fingerprint density at radius 3 is 2.60 bits per heavy atom. The summed E-state index contributed by atoms with van der Waals surface area (Å²) in [7, 11) is 0. The van der Waals surface area contributed by atoms with E-state index in [0.717, 1.165) is 29.3 Å². The van der Waals surface area contributed by atoms with Crippen LogP contribution in [0.5, 0.6) is 0 Å². The minimum absolute atomic E-state index is 0.367. The lowest BCUT2D eigenvalue weighted by Gasteiger charge is -2.13. The lowest BCUT2D eigenvalue weighted by Crippen LogP contribution is -1.99. The molecule has 2 rings (SSSR count). The second-order valence-electron chi connectivity index (χ2n) is 5.49. The third kappa shape index (κ3) is 4.04. The molecule has 0 amide bonds. The number of aliphatic hydroxyl groups is 1. The molecule has 1 unspecified atom stereocenters. The highest BCUT2D eigenvalue weighted by molar-refractivity contribution is 5.82. The normalized spacial score (nSPS) is 12.7. The first-order valence-corrected chi connectivity index (χ1v) is 7.84. The maximum atomic E-state index is 10.4. The summed E-state index contributed by atoms with van der Waals surface area (Å²) in [4.78, 5) is 4.34. The highest BCUT2D eigenvalue weighted by Gasteiger charge is 2.10. The molecule has 0 saturated heterocycles. The van der Waals surface area contributed by atoms with E-state index in [0.29, 0.717) is 0 Å². The summed E-state index contributed by atoms with van der Waals surface area (Å²) in [5, 5.41) is 11.5. The molecule has 2 nitrogen and oxygen atoms in total. The zero-order chi connectivity index (χ0) is 14.2. The van der Waals surface area contributed by atoms with Gasteiger partial charge in [0.15, 0.2) is 0 Å². The summed E-state index contributed by atoms with van der Waals surface area (Å²) in [6.45, 7) is 2.23. The van der Waals surface area contributed by atoms with Crippen molar-refractivity contribution < 1.29 is 5.11 Å². The van der Waals surface area contributed by atoms with Gasteiger partial charge in [-0.2, -0.15) is 0 Å². The molecule has 0 aliphatic carbocycles. The number of pyridine rings is 1. The van der Waals surface area contributed by atoms with Crippen LogP contribution in [0.4, 0.5) is 0 Å². The molecule has 1 aromatic heterocycles. The van der Waals surface area contributed by atoms with Crippen molar-refractivity contribution in [3.8, 4) is 0 Å². The molecular formula is C18H25NO. The summed E-state index contributed by atoms with van der Waals surface area (Å²) < 4.78 is 0. The van der Waals surface area contributed by atoms with E-state index in [4.69, 9.17) is 0 Å². The molecule has 1 N–H and O–H groups in total. The van der Waals surface area contributed by atoms with Crippen LogP contribution >= 0.6 is 0 Å². The van der Waals surface area contributed by atoms with Gasteiger partial charge in [-0.25, -0.2) is 0 Å². The van der Waals surface area contributed by atoms with E-state index in [1.165, 1.54) is 32.1 Å². The second-order valence-corrected chi connectivity index (χ2v) is 5.49. The number of aliphatic hydroxyl groups excluding tert-OH is 1. The number of hydrogen-bond acceptors (Lipinski definition) is 2. The summed E-state index contributed by atoms with van der Waals surface area (Å²) in [6, 6.07) is 9.98. The minimum Gasteiger partial charge on any atom is -0.388 e. The van der Waals surface area contributed by atoms with Crippen LogP contribution in [-0.2, 0) is 0 Å². The van der Waals surface area contributed by atoms with E-state index < -0.39 is 0 Å². The fraction of sp³-hybridized carbons (Fsp3) is 0.500. The quantitative estimate of drug-likeness (QED) is 0.684. The molecule has 1 heterocycles. The van der Waals surface area contributed by atoms with Crippen LogP contribution in [0.15, 0.2) is 36.5 Å². The van der Waals surface area contributed by atoms with Crippen LogP contribution in [0.1, 0.15) is 63.5 Å². The molecule has 108 valence electrons. The van der Waals surface area contributed by atoms with Crippen molar-refractivity contribution in [2.24, 2.45) is 0 Å². The van der Waals surface area contributed by atoms with Gasteiger partial charge in [0.25, 0.3) is 0 Å². The second kappa shape index (κ2) is 8.01. The minimum atomic E-state index is -0.367. The molecule has 0 aliphatic heterocycles. The fourth-order valence-electron chi connectivity index (χ4n) is 2.68. The molecule has 1 atom stereocenters. The number of para-hydroxylation sites is 1. The number of unbranched alkanes of at least 4 members (excludes halogenated alkanes) is 5. The number of nitrogens with zero attached hydrogens (tertiary/aromatic N) is 1. The van der Waals surface area contributed by atoms with Crippen molar-refractivity contribution in [2.45, 2.75) is 58.0 Å². The van der Waals surface area contributed by atoms with Crippen LogP contribution in [0.25, 0.3) is 10.9 Å². The Morgan fingerprint density at radius 2 is 1.75 bits per heavy atom. The van der Waals surface area contributed by atoms with Gasteiger partial charge in [-0.3, -0.25) is 4.98 Å². The van der Waals surface area contributed by atoms with Crippen molar-refractivity contribution in [1.29, 1.82) is 0 Å². The Labute approximate surface area is 121 Å². The highest BCUT2D eigenvalue weighted by Crippen LogP contribution is 2.26. The SMILES string of the molecule is CCCCCCCCC(O)c1ccnc2ccccc12. The lowest BCUT2D eigenvalue weighted by atomic mass is 9.99. The average Bonchev–Trinajstić information content (AvgIpc) is 2.50. The Kier molecular flexibility index (Phi) is 6.00. The van der Waals surface area contributed by atoms with E-state index in [1.807, 2.05) is 30.3 Å². The van der Waals surface area contributed by atoms with Crippen LogP contribution in [0, 0.1) is 0 Å². The topological polar surface area (TPSA) is 33.1 Å². The van der Waals surface area contributed by atoms with E-state index in [9.17, 15) is 5.11 Å². The maximum Gasteiger partial charge on any atom is 0.0797 e. The lowest BCUT2D eigenvalue weighted by molar-refractivity contribution is 0.164. The molecule has 0 aliphatic rings. The molecular weight excluding hydrogens is 246 g/mol. The van der Waals surface area contributed by atoms with Gasteiger partial charge in [-0.1, -0.05) is 63.6 Å². The van der Waals surface area contributed by atoms with Crippen LogP contribution < -0.4 is 0 Å². The fourth-order valence-corrected chi connectivity index (χ4v) is 2.68. The number of fused-ring (bicyclic) bond motifs is 1. The van der Waals surface area contributed by atoms with Crippen molar-refractivity contribution in [3.05, 3.63) is 42.1 Å². The number of aromatic nitrogens is 1. The van der Waals surface area contributed by atoms with E-state index in [2.05, 4.69) is 11.9 Å². The monoisotopic (exact) mass is 271 g/mol. The van der Waals surface area contributed by atoms with E-state index >= 15 is 0 Å². The van der Waals surface area contributed by atoms with Gasteiger partial charge in [-0.15, -0.1) is 0 Å². The Morgan fingerprint density at radius 1 is 1.00 bits per heavy atom. The third-order valence-electron chi connectivity index (χ3n) is 3.87. The summed E-state index contributed by atoms with van der Waals surface area (Å²) in [5.74, 6) is 0. The molecule has 1 aromatic carbocycles. The predicted molar refractivity (Wildman–Crippen MR) is 84.7 cm³/mol. The van der Waals surface area contributed by atoms with Gasteiger partial charge in [-0.05, 0) is 24.1 Å². The standard InChI is InChI=1S/C18H25NO/c1-2-3-4-5-6-7-12-18(20)16-13-14-19-17-11-9-8-10-15(16)17/h8-11,13-14,18,20H,2-7,12H2,1H3. The van der Waals surface area contributed by atoms with Crippen molar-refractivity contribution in [2.75, 3.05) is 0 Å². The van der Waals surface area contributed by atoms with E-state index in [-0.39, 0.29) is 6.10 Å². The molecule has 0 fully saturated rings. The number of rotatable bonds is 8. The van der Waals surface area contributed by atoms with Gasteiger partial charge < -0.3 is 5.11 Å². The van der Waals surface area contributed by atoms with Crippen LogP contribution in [-0.4, -0.2) is 10.1 Å². The van der Waals surface area contributed by atoms with Crippen molar-refractivity contribution >= 4 is 10.9 Å². The number of benzene rings is 1. The molecule has 0 saturated carbocycles. The first-order valence-electron chi connectivity index (χ1n) is 7.84. The first kappa shape index (κ1) is 15.0. The summed E-state index contributed by atoms with van der Waals surface area (Å²) in [6.07, 6.45) is 9.82. The zero-order valence-corrected chi connectivity index (χ0v) is 12.4. The van der Waals surface area contributed by atoms with Gasteiger partial charge in [0.2, 0.25) is 0 Å². The van der Waals surface area contributed by atoms with Crippen LogP contribution in [0.2, 0.25) is 0 Å². The van der Waals surface area contributed by atoms with E-state index in [1.54, 1.807) is 6.20 Å². The third-order valence-corrected chi connectivity index (χ3v) is 3.87. The Hall–Kier alpha value is -1.41. The largest absolute Gasteiger partial charge is 0.388 e. The van der Waals surface area contributed by atoms with Gasteiger partial charge >= 0.3 is 0 Å². The summed E-state index contributed by atoms with van der Waals surface area (Å²) >= 11 is 0. The summed E-state index contributed by atoms with van der Waals surface area (Å²) in [5.41, 5.74) is 1.98. The Balaban J connectivity index is 1.89. The molecule has 0 spiro atoms. The molecule has 0 bridgehead atoms. The van der Waals surface area contributed by atoms with Gasteiger partial charge in [0.1, 0.15) is 0 Å². The highest BCUT2D eigenvalue weighted by atomic mass is 16.3. The molecule has 0 radical (unpaired) electrons. The van der Waals surface area contributed by atoms with Gasteiger partial charge in [0, 0.05) is 11.6 Å². The maximum absolute atomic E-state index is 10.4.